The number of hydrogen-bond donors (Lipinski definition) is 0. The monoisotopic (exact) mass is 323 g/mol. The smallest absolute Gasteiger partial charge is 0.176 e. The number of nitrogens with zero attached hydrogens (tertiary/aromatic N) is 1. The van der Waals surface area contributed by atoms with Gasteiger partial charge in [-0.05, 0) is 43.6 Å². The summed E-state index contributed by atoms with van der Waals surface area (Å²) in [5, 5.41) is 2.50. The highest BCUT2D eigenvalue weighted by atomic mass is 35.5. The quantitative estimate of drug-likeness (QED) is 0.743. The molecule has 0 bridgehead atoms. The summed E-state index contributed by atoms with van der Waals surface area (Å²) in [4.78, 5) is 15.6. The van der Waals surface area contributed by atoms with Gasteiger partial charge < -0.3 is 4.74 Å². The van der Waals surface area contributed by atoms with Gasteiger partial charge in [-0.3, -0.25) is 9.69 Å². The number of ether oxygens (including phenoxy) is 1. The first kappa shape index (κ1) is 16.0. The fourth-order valence-electron chi connectivity index (χ4n) is 2.04. The second kappa shape index (κ2) is 7.07. The maximum atomic E-state index is 12.3. The van der Waals surface area contributed by atoms with Gasteiger partial charge in [-0.2, -0.15) is 0 Å². The largest absolute Gasteiger partial charge is 0.495 e. The van der Waals surface area contributed by atoms with Gasteiger partial charge in [0.15, 0.2) is 5.78 Å². The fraction of sp³-hybridized carbons (Fsp3) is 0.312. The molecule has 112 valence electrons. The van der Waals surface area contributed by atoms with Crippen molar-refractivity contribution in [2.75, 3.05) is 20.7 Å². The Morgan fingerprint density at radius 3 is 2.76 bits per heavy atom. The molecule has 1 atom stereocenters. The van der Waals surface area contributed by atoms with Crippen molar-refractivity contribution >= 4 is 28.7 Å². The first-order valence-electron chi connectivity index (χ1n) is 6.63. The Kier molecular flexibility index (Phi) is 5.39. The molecule has 0 aliphatic rings. The van der Waals surface area contributed by atoms with Crippen molar-refractivity contribution in [1.82, 2.24) is 4.90 Å². The van der Waals surface area contributed by atoms with Crippen molar-refractivity contribution in [3.63, 3.8) is 0 Å². The number of ketones is 1. The molecule has 0 aliphatic heterocycles. The van der Waals surface area contributed by atoms with E-state index in [0.717, 1.165) is 0 Å². The molecule has 0 N–H and O–H groups in total. The van der Waals surface area contributed by atoms with Gasteiger partial charge in [0.1, 0.15) is 5.75 Å². The predicted molar refractivity (Wildman–Crippen MR) is 87.7 cm³/mol. The van der Waals surface area contributed by atoms with Crippen LogP contribution < -0.4 is 4.74 Å². The molecule has 0 saturated heterocycles. The molecule has 1 heterocycles. The lowest BCUT2D eigenvalue weighted by Crippen LogP contribution is -2.28. The van der Waals surface area contributed by atoms with Crippen molar-refractivity contribution in [2.24, 2.45) is 0 Å². The van der Waals surface area contributed by atoms with Crippen LogP contribution in [0, 0.1) is 0 Å². The van der Waals surface area contributed by atoms with Gasteiger partial charge >= 0.3 is 0 Å². The van der Waals surface area contributed by atoms with Gasteiger partial charge in [0.05, 0.1) is 18.7 Å². The number of thiophene rings is 1. The first-order chi connectivity index (χ1) is 10.0. The minimum Gasteiger partial charge on any atom is -0.495 e. The van der Waals surface area contributed by atoms with Gasteiger partial charge in [0.2, 0.25) is 0 Å². The van der Waals surface area contributed by atoms with Crippen molar-refractivity contribution in [2.45, 2.75) is 13.0 Å². The van der Waals surface area contributed by atoms with Crippen LogP contribution in [0.2, 0.25) is 5.02 Å². The zero-order chi connectivity index (χ0) is 15.4. The van der Waals surface area contributed by atoms with Gasteiger partial charge in [0.25, 0.3) is 0 Å². The molecule has 21 heavy (non-hydrogen) atoms. The van der Waals surface area contributed by atoms with E-state index in [1.54, 1.807) is 36.6 Å². The predicted octanol–water partition coefficient (Wildman–Crippen LogP) is 4.29. The van der Waals surface area contributed by atoms with E-state index < -0.39 is 0 Å². The zero-order valence-corrected chi connectivity index (χ0v) is 13.9. The molecule has 0 aliphatic carbocycles. The van der Waals surface area contributed by atoms with Crippen LogP contribution in [0.4, 0.5) is 0 Å². The summed E-state index contributed by atoms with van der Waals surface area (Å²) in [6, 6.07) is 9.44. The van der Waals surface area contributed by atoms with Crippen molar-refractivity contribution in [3.05, 3.63) is 51.2 Å². The number of methoxy groups -OCH3 is 1. The van der Waals surface area contributed by atoms with E-state index in [9.17, 15) is 4.79 Å². The van der Waals surface area contributed by atoms with Crippen molar-refractivity contribution < 1.29 is 9.53 Å². The Hall–Kier alpha value is -1.36. The van der Waals surface area contributed by atoms with E-state index in [-0.39, 0.29) is 11.8 Å². The molecular weight excluding hydrogens is 306 g/mol. The molecule has 0 spiro atoms. The van der Waals surface area contributed by atoms with E-state index in [1.165, 1.54) is 4.88 Å². The molecule has 5 heteroatoms. The molecule has 1 aromatic heterocycles. The number of hydrogen-bond acceptors (Lipinski definition) is 4. The van der Waals surface area contributed by atoms with Gasteiger partial charge in [0, 0.05) is 16.5 Å². The lowest BCUT2D eigenvalue weighted by atomic mass is 10.1. The molecule has 1 unspecified atom stereocenters. The summed E-state index contributed by atoms with van der Waals surface area (Å²) in [5.74, 6) is 0.624. The number of benzene rings is 1. The molecule has 0 saturated carbocycles. The van der Waals surface area contributed by atoms with E-state index in [4.69, 9.17) is 16.3 Å². The standard InChI is InChI=1S/C16H18ClNO2S/c1-11(16-5-4-8-21-16)18(2)10-14(19)12-6-7-15(20-3)13(17)9-12/h4-9,11H,10H2,1-3H3. The molecular formula is C16H18ClNO2S. The van der Waals surface area contributed by atoms with Gasteiger partial charge in [-0.1, -0.05) is 17.7 Å². The van der Waals surface area contributed by atoms with Crippen LogP contribution >= 0.6 is 22.9 Å². The Labute approximate surface area is 134 Å². The van der Waals surface area contributed by atoms with E-state index >= 15 is 0 Å². The molecule has 3 nitrogen and oxygen atoms in total. The molecule has 1 aromatic carbocycles. The van der Waals surface area contributed by atoms with Gasteiger partial charge in [-0.25, -0.2) is 0 Å². The average Bonchev–Trinajstić information content (AvgIpc) is 3.00. The molecule has 0 amide bonds. The van der Waals surface area contributed by atoms with Crippen LogP contribution in [0.25, 0.3) is 0 Å². The van der Waals surface area contributed by atoms with E-state index in [1.807, 2.05) is 23.4 Å². The number of rotatable bonds is 6. The van der Waals surface area contributed by atoms with Gasteiger partial charge in [-0.15, -0.1) is 11.3 Å². The summed E-state index contributed by atoms with van der Waals surface area (Å²) < 4.78 is 5.10. The second-order valence-corrected chi connectivity index (χ2v) is 6.27. The number of Topliss-reactive ketones (excluding diaryl/α,β-unsaturated/α-hetero) is 1. The Morgan fingerprint density at radius 2 is 2.19 bits per heavy atom. The van der Waals surface area contributed by atoms with Crippen LogP contribution in [0.15, 0.2) is 35.7 Å². The van der Waals surface area contributed by atoms with E-state index in [2.05, 4.69) is 13.0 Å². The lowest BCUT2D eigenvalue weighted by Gasteiger charge is -2.23. The summed E-state index contributed by atoms with van der Waals surface area (Å²) in [6.07, 6.45) is 0. The third-order valence-electron chi connectivity index (χ3n) is 3.48. The molecule has 2 rings (SSSR count). The summed E-state index contributed by atoms with van der Waals surface area (Å²) >= 11 is 7.76. The minimum atomic E-state index is 0.0467. The number of halogens is 1. The SMILES string of the molecule is COc1ccc(C(=O)CN(C)C(C)c2cccs2)cc1Cl. The normalized spacial score (nSPS) is 12.4. The average molecular weight is 324 g/mol. The summed E-state index contributed by atoms with van der Waals surface area (Å²) in [7, 11) is 3.51. The summed E-state index contributed by atoms with van der Waals surface area (Å²) in [5.41, 5.74) is 0.603. The maximum absolute atomic E-state index is 12.3. The molecule has 0 radical (unpaired) electrons. The minimum absolute atomic E-state index is 0.0467. The third kappa shape index (κ3) is 3.84. The highest BCUT2D eigenvalue weighted by Gasteiger charge is 2.17. The maximum Gasteiger partial charge on any atom is 0.176 e. The zero-order valence-electron chi connectivity index (χ0n) is 12.3. The second-order valence-electron chi connectivity index (χ2n) is 4.88. The van der Waals surface area contributed by atoms with Crippen LogP contribution in [-0.4, -0.2) is 31.4 Å². The van der Waals surface area contributed by atoms with Crippen molar-refractivity contribution in [1.29, 1.82) is 0 Å². The third-order valence-corrected chi connectivity index (χ3v) is 4.82. The van der Waals surface area contributed by atoms with Crippen LogP contribution in [0.5, 0.6) is 5.75 Å². The Morgan fingerprint density at radius 1 is 1.43 bits per heavy atom. The van der Waals surface area contributed by atoms with Crippen molar-refractivity contribution in [3.8, 4) is 5.75 Å². The van der Waals surface area contributed by atoms with Crippen LogP contribution in [0.3, 0.4) is 0 Å². The number of likely N-dealkylation sites (N-methyl/N-ethyl adjacent to an activating group) is 1. The van der Waals surface area contributed by atoms with Crippen LogP contribution in [0.1, 0.15) is 28.2 Å². The number of carbonyl (C=O) groups excluding carboxylic acids is 1. The first-order valence-corrected chi connectivity index (χ1v) is 7.89. The molecule has 2 aromatic rings. The molecule has 0 fully saturated rings. The topological polar surface area (TPSA) is 29.5 Å². The summed E-state index contributed by atoms with van der Waals surface area (Å²) in [6.45, 7) is 2.45. The fourth-order valence-corrected chi connectivity index (χ4v) is 3.15. The highest BCUT2D eigenvalue weighted by Crippen LogP contribution is 2.26. The van der Waals surface area contributed by atoms with E-state index in [0.29, 0.717) is 22.9 Å². The lowest BCUT2D eigenvalue weighted by molar-refractivity contribution is 0.0925. The highest BCUT2D eigenvalue weighted by molar-refractivity contribution is 7.10. The Balaban J connectivity index is 2.05. The van der Waals surface area contributed by atoms with Crippen LogP contribution in [-0.2, 0) is 0 Å². The number of carbonyl (C=O) groups is 1. The Bertz CT molecular complexity index is 613.